The largest absolute Gasteiger partial charge is 0.340 e. The molecule has 2 heterocycles. The van der Waals surface area contributed by atoms with Crippen LogP contribution in [0.4, 0.5) is 0 Å². The van der Waals surface area contributed by atoms with Crippen molar-refractivity contribution in [3.63, 3.8) is 0 Å². The number of hydrogen-bond acceptors (Lipinski definition) is 2. The van der Waals surface area contributed by atoms with Gasteiger partial charge in [0.2, 0.25) is 0 Å². The van der Waals surface area contributed by atoms with Crippen LogP contribution >= 0.6 is 0 Å². The molecule has 0 aliphatic carbocycles. The van der Waals surface area contributed by atoms with Crippen molar-refractivity contribution in [3.8, 4) is 0 Å². The first kappa shape index (κ1) is 32.0. The molecule has 0 aliphatic heterocycles. The van der Waals surface area contributed by atoms with Gasteiger partial charge in [-0.25, -0.2) is 0 Å². The lowest BCUT2D eigenvalue weighted by Gasteiger charge is -2.21. The Morgan fingerprint density at radius 3 is 1.20 bits per heavy atom. The van der Waals surface area contributed by atoms with E-state index in [9.17, 15) is 9.59 Å². The highest BCUT2D eigenvalue weighted by Gasteiger charge is 2.19. The maximum absolute atomic E-state index is 14.3. The summed E-state index contributed by atoms with van der Waals surface area (Å²) in [6.07, 6.45) is 14.5. The lowest BCUT2D eigenvalue weighted by Crippen LogP contribution is -2.17. The van der Waals surface area contributed by atoms with Gasteiger partial charge >= 0.3 is 0 Å². The molecule has 0 saturated carbocycles. The number of hydrogen-bond donors (Lipinski definition) is 0. The number of rotatable bonds is 14. The van der Waals surface area contributed by atoms with Gasteiger partial charge in [-0.15, -0.1) is 0 Å². The summed E-state index contributed by atoms with van der Waals surface area (Å²) in [6, 6.07) is 12.6. The van der Waals surface area contributed by atoms with Crippen molar-refractivity contribution < 1.29 is 0 Å². The molecule has 2 aromatic heterocycles. The predicted molar refractivity (Wildman–Crippen MR) is 191 cm³/mol. The van der Waals surface area contributed by atoms with Gasteiger partial charge in [-0.05, 0) is 87.1 Å². The molecule has 4 nitrogen and oxygen atoms in total. The zero-order chi connectivity index (χ0) is 31.4. The van der Waals surface area contributed by atoms with E-state index in [1.807, 2.05) is 0 Å². The van der Waals surface area contributed by atoms with E-state index >= 15 is 0 Å². The van der Waals surface area contributed by atoms with Gasteiger partial charge in [-0.1, -0.05) is 90.2 Å². The first-order chi connectivity index (χ1) is 21.3. The van der Waals surface area contributed by atoms with Crippen molar-refractivity contribution in [2.75, 3.05) is 0 Å². The van der Waals surface area contributed by atoms with E-state index in [2.05, 4.69) is 87.1 Å². The highest BCUT2D eigenvalue weighted by Crippen LogP contribution is 2.30. The summed E-state index contributed by atoms with van der Waals surface area (Å²) in [5, 5.41) is 3.03. The highest BCUT2D eigenvalue weighted by atomic mass is 16.1. The van der Waals surface area contributed by atoms with Gasteiger partial charge < -0.3 is 9.13 Å². The van der Waals surface area contributed by atoms with Crippen LogP contribution in [0, 0.1) is 27.7 Å². The van der Waals surface area contributed by atoms with Gasteiger partial charge in [0.25, 0.3) is 0 Å². The van der Waals surface area contributed by atoms with Gasteiger partial charge in [0.1, 0.15) is 0 Å². The minimum absolute atomic E-state index is 0.0715. The van der Waals surface area contributed by atoms with Crippen LogP contribution in [0.2, 0.25) is 0 Å². The van der Waals surface area contributed by atoms with Crippen LogP contribution in [0.1, 0.15) is 113 Å². The molecule has 0 fully saturated rings. The molecule has 0 atom stereocenters. The summed E-state index contributed by atoms with van der Waals surface area (Å²) in [6.45, 7) is 14.6. The Hall–Kier alpha value is -3.40. The fourth-order valence-corrected chi connectivity index (χ4v) is 7.47. The number of benzene rings is 3. The van der Waals surface area contributed by atoms with E-state index in [4.69, 9.17) is 0 Å². The second-order valence-electron chi connectivity index (χ2n) is 13.3. The molecule has 3 aromatic carbocycles. The zero-order valence-electron chi connectivity index (χ0n) is 28.1. The third-order valence-electron chi connectivity index (χ3n) is 9.57. The Balaban J connectivity index is 1.75. The van der Waals surface area contributed by atoms with E-state index in [-0.39, 0.29) is 10.9 Å². The maximum Gasteiger partial charge on any atom is 0.197 e. The van der Waals surface area contributed by atoms with Crippen LogP contribution in [0.25, 0.3) is 43.6 Å². The molecular weight excluding hydrogens is 540 g/mol. The lowest BCUT2D eigenvalue weighted by atomic mass is 9.99. The summed E-state index contributed by atoms with van der Waals surface area (Å²) in [5.41, 5.74) is 8.41. The van der Waals surface area contributed by atoms with E-state index in [1.165, 1.54) is 64.2 Å². The summed E-state index contributed by atoms with van der Waals surface area (Å²) < 4.78 is 4.70. The number of pyridine rings is 2. The molecule has 0 spiro atoms. The summed E-state index contributed by atoms with van der Waals surface area (Å²) >= 11 is 0. The minimum atomic E-state index is 0.0715. The maximum atomic E-state index is 14.3. The Morgan fingerprint density at radius 2 is 0.818 bits per heavy atom. The van der Waals surface area contributed by atoms with Crippen LogP contribution in [-0.4, -0.2) is 9.13 Å². The smallest absolute Gasteiger partial charge is 0.197 e. The molecular formula is C40H52N2O2. The molecule has 0 radical (unpaired) electrons. The second-order valence-corrected chi connectivity index (χ2v) is 13.3. The molecule has 4 heteroatoms. The lowest BCUT2D eigenvalue weighted by molar-refractivity contribution is 0.569. The van der Waals surface area contributed by atoms with Crippen molar-refractivity contribution in [2.45, 2.75) is 132 Å². The van der Waals surface area contributed by atoms with Crippen LogP contribution in [0.15, 0.2) is 46.0 Å². The van der Waals surface area contributed by atoms with Crippen molar-refractivity contribution in [2.24, 2.45) is 0 Å². The van der Waals surface area contributed by atoms with E-state index in [0.717, 1.165) is 91.8 Å². The van der Waals surface area contributed by atoms with Gasteiger partial charge in [-0.2, -0.15) is 0 Å². The fraction of sp³-hybridized carbons (Fsp3) is 0.500. The quantitative estimate of drug-likeness (QED) is 0.0951. The summed E-state index contributed by atoms with van der Waals surface area (Å²) in [7, 11) is 0. The number of aryl methyl sites for hydroxylation is 6. The molecule has 0 saturated heterocycles. The summed E-state index contributed by atoms with van der Waals surface area (Å²) in [4.78, 5) is 28.5. The van der Waals surface area contributed by atoms with Crippen molar-refractivity contribution in [1.29, 1.82) is 0 Å². The minimum Gasteiger partial charge on any atom is -0.340 e. The van der Waals surface area contributed by atoms with Gasteiger partial charge in [0.15, 0.2) is 10.9 Å². The van der Waals surface area contributed by atoms with Gasteiger partial charge in [-0.3, -0.25) is 9.59 Å². The second kappa shape index (κ2) is 14.1. The number of nitrogens with zero attached hydrogens (tertiary/aromatic N) is 2. The van der Waals surface area contributed by atoms with E-state index in [0.29, 0.717) is 0 Å². The zero-order valence-corrected chi connectivity index (χ0v) is 28.1. The van der Waals surface area contributed by atoms with E-state index in [1.54, 1.807) is 0 Å². The van der Waals surface area contributed by atoms with Gasteiger partial charge in [0.05, 0.1) is 22.1 Å². The Labute approximate surface area is 263 Å². The van der Waals surface area contributed by atoms with Crippen molar-refractivity contribution >= 4 is 43.6 Å². The number of unbranched alkanes of at least 4 members (excludes halogenated alkanes) is 10. The first-order valence-electron chi connectivity index (χ1n) is 17.3. The Kier molecular flexibility index (Phi) is 10.3. The first-order valence-corrected chi connectivity index (χ1v) is 17.3. The molecule has 5 rings (SSSR count). The molecule has 0 amide bonds. The molecule has 0 bridgehead atoms. The molecule has 0 unspecified atom stereocenters. The van der Waals surface area contributed by atoms with E-state index < -0.39 is 0 Å². The molecule has 44 heavy (non-hydrogen) atoms. The monoisotopic (exact) mass is 592 g/mol. The SMILES string of the molecule is CCCCCCCCn1c2cc3c(=O)c4cc(C)cc(C)c4n(CCCCCCCC)c3cc2c(=O)c2cc(C)cc(C)c21. The van der Waals surface area contributed by atoms with Crippen molar-refractivity contribution in [1.82, 2.24) is 9.13 Å². The van der Waals surface area contributed by atoms with Gasteiger partial charge in [0, 0.05) is 34.6 Å². The van der Waals surface area contributed by atoms with Crippen LogP contribution in [-0.2, 0) is 13.1 Å². The molecule has 0 aliphatic rings. The normalized spacial score (nSPS) is 12.0. The Bertz CT molecular complexity index is 1780. The fourth-order valence-electron chi connectivity index (χ4n) is 7.47. The van der Waals surface area contributed by atoms with Crippen LogP contribution < -0.4 is 10.9 Å². The number of aromatic nitrogens is 2. The predicted octanol–water partition coefficient (Wildman–Crippen LogP) is 10.6. The topological polar surface area (TPSA) is 44.0 Å². The van der Waals surface area contributed by atoms with Crippen molar-refractivity contribution in [3.05, 3.63) is 79.1 Å². The summed E-state index contributed by atoms with van der Waals surface area (Å²) in [5.74, 6) is 0. The molecule has 234 valence electrons. The van der Waals surface area contributed by atoms with Crippen LogP contribution in [0.5, 0.6) is 0 Å². The molecule has 5 aromatic rings. The number of fused-ring (bicyclic) bond motifs is 4. The third kappa shape index (κ3) is 6.36. The standard InChI is InChI=1S/C40H52N2O2/c1-7-9-11-13-15-17-19-41-35-25-32-36(26-31(35)39(43)33-23-27(3)21-29(5)37(33)41)42(20-18-16-14-12-10-8-2)38-30(6)22-28(4)24-34(38)40(32)44/h21-26H,7-20H2,1-6H3. The van der Waals surface area contributed by atoms with Crippen LogP contribution in [0.3, 0.4) is 0 Å². The average Bonchev–Trinajstić information content (AvgIpc) is 2.99. The third-order valence-corrected chi connectivity index (χ3v) is 9.57. The highest BCUT2D eigenvalue weighted by molar-refractivity contribution is 6.04. The molecule has 0 N–H and O–H groups in total. The average molecular weight is 593 g/mol. The Morgan fingerprint density at radius 1 is 0.455 bits per heavy atom.